The van der Waals surface area contributed by atoms with E-state index in [-0.39, 0.29) is 17.3 Å². The minimum Gasteiger partial charge on any atom is -0.337 e. The monoisotopic (exact) mass is 321 g/mol. The van der Waals surface area contributed by atoms with Crippen LogP contribution in [0, 0.1) is 0 Å². The Labute approximate surface area is 125 Å². The van der Waals surface area contributed by atoms with Gasteiger partial charge in [-0.15, -0.1) is 11.3 Å². The molecule has 3 aromatic rings. The van der Waals surface area contributed by atoms with Crippen LogP contribution in [0.5, 0.6) is 0 Å². The van der Waals surface area contributed by atoms with Gasteiger partial charge in [-0.2, -0.15) is 4.98 Å². The lowest BCUT2D eigenvalue weighted by molar-refractivity contribution is 0.376. The van der Waals surface area contributed by atoms with Crippen molar-refractivity contribution in [1.82, 2.24) is 14.9 Å². The molecule has 1 aromatic carbocycles. The highest BCUT2D eigenvalue weighted by atomic mass is 32.2. The van der Waals surface area contributed by atoms with E-state index in [0.717, 1.165) is 4.88 Å². The molecule has 1 N–H and O–H groups in total. The lowest BCUT2D eigenvalue weighted by Gasteiger charge is -2.03. The molecule has 0 radical (unpaired) electrons. The zero-order valence-corrected chi connectivity index (χ0v) is 12.4. The predicted octanol–water partition coefficient (Wildman–Crippen LogP) is 2.28. The lowest BCUT2D eigenvalue weighted by atomic mass is 10.4. The fourth-order valence-electron chi connectivity index (χ4n) is 1.67. The summed E-state index contributed by atoms with van der Waals surface area (Å²) in [4.78, 5) is 5.22. The van der Waals surface area contributed by atoms with Crippen molar-refractivity contribution in [1.29, 1.82) is 0 Å². The van der Waals surface area contributed by atoms with Crippen molar-refractivity contribution in [2.45, 2.75) is 11.4 Å². The molecule has 0 unspecified atom stereocenters. The van der Waals surface area contributed by atoms with Gasteiger partial charge in [-0.1, -0.05) is 29.4 Å². The maximum Gasteiger partial charge on any atom is 0.242 e. The van der Waals surface area contributed by atoms with Crippen LogP contribution in [0.3, 0.4) is 0 Å². The first-order valence-electron chi connectivity index (χ1n) is 6.06. The first-order chi connectivity index (χ1) is 10.1. The molecule has 0 fully saturated rings. The van der Waals surface area contributed by atoms with E-state index < -0.39 is 10.0 Å². The number of nitrogens with zero attached hydrogens (tertiary/aromatic N) is 2. The number of nitrogens with one attached hydrogen (secondary N) is 1. The third-order valence-electron chi connectivity index (χ3n) is 2.68. The van der Waals surface area contributed by atoms with Gasteiger partial charge in [0.1, 0.15) is 0 Å². The van der Waals surface area contributed by atoms with Gasteiger partial charge in [0.15, 0.2) is 0 Å². The second kappa shape index (κ2) is 5.76. The SMILES string of the molecule is O=S(=O)(NCc1nc(-c2cccs2)no1)c1ccccc1. The van der Waals surface area contributed by atoms with Gasteiger partial charge in [-0.05, 0) is 23.6 Å². The second-order valence-corrected chi connectivity index (χ2v) is 6.84. The van der Waals surface area contributed by atoms with Gasteiger partial charge in [0.2, 0.25) is 21.7 Å². The van der Waals surface area contributed by atoms with Crippen LogP contribution in [-0.2, 0) is 16.6 Å². The Balaban J connectivity index is 1.71. The Morgan fingerprint density at radius 3 is 2.67 bits per heavy atom. The summed E-state index contributed by atoms with van der Waals surface area (Å²) in [6.45, 7) is -0.0460. The average Bonchev–Trinajstić information content (AvgIpc) is 3.17. The molecule has 6 nitrogen and oxygen atoms in total. The van der Waals surface area contributed by atoms with Crippen molar-refractivity contribution >= 4 is 21.4 Å². The number of sulfonamides is 1. The van der Waals surface area contributed by atoms with Gasteiger partial charge in [-0.25, -0.2) is 13.1 Å². The van der Waals surface area contributed by atoms with Crippen LogP contribution >= 0.6 is 11.3 Å². The summed E-state index contributed by atoms with van der Waals surface area (Å²) < 4.78 is 31.6. The highest BCUT2D eigenvalue weighted by molar-refractivity contribution is 7.89. The molecule has 21 heavy (non-hydrogen) atoms. The Morgan fingerprint density at radius 2 is 1.95 bits per heavy atom. The fourth-order valence-corrected chi connectivity index (χ4v) is 3.32. The smallest absolute Gasteiger partial charge is 0.242 e. The standard InChI is InChI=1S/C13H11N3O3S2/c17-21(18,10-5-2-1-3-6-10)14-9-12-15-13(16-19-12)11-7-4-8-20-11/h1-8,14H,9H2. The Bertz CT molecular complexity index is 811. The molecule has 108 valence electrons. The molecule has 3 rings (SSSR count). The van der Waals surface area contributed by atoms with Crippen molar-refractivity contribution in [2.75, 3.05) is 0 Å². The lowest BCUT2D eigenvalue weighted by Crippen LogP contribution is -2.23. The molecule has 2 aromatic heterocycles. The highest BCUT2D eigenvalue weighted by Gasteiger charge is 2.16. The van der Waals surface area contributed by atoms with Gasteiger partial charge >= 0.3 is 0 Å². The van der Waals surface area contributed by atoms with Crippen molar-refractivity contribution in [2.24, 2.45) is 0 Å². The molecule has 0 spiro atoms. The van der Waals surface area contributed by atoms with Crippen LogP contribution in [0.25, 0.3) is 10.7 Å². The first kappa shape index (κ1) is 13.9. The molecule has 0 aliphatic heterocycles. The van der Waals surface area contributed by atoms with Crippen molar-refractivity contribution < 1.29 is 12.9 Å². The van der Waals surface area contributed by atoms with Gasteiger partial charge in [-0.3, -0.25) is 0 Å². The zero-order valence-electron chi connectivity index (χ0n) is 10.8. The van der Waals surface area contributed by atoms with Crippen molar-refractivity contribution in [3.63, 3.8) is 0 Å². The number of thiophene rings is 1. The summed E-state index contributed by atoms with van der Waals surface area (Å²) in [5.74, 6) is 0.678. The summed E-state index contributed by atoms with van der Waals surface area (Å²) in [5, 5.41) is 5.73. The normalized spacial score (nSPS) is 11.6. The third-order valence-corrected chi connectivity index (χ3v) is 4.96. The molecule has 0 bridgehead atoms. The maximum absolute atomic E-state index is 12.0. The second-order valence-electron chi connectivity index (χ2n) is 4.13. The zero-order chi connectivity index (χ0) is 14.7. The molecule has 0 saturated carbocycles. The van der Waals surface area contributed by atoms with Crippen LogP contribution in [0.15, 0.2) is 57.3 Å². The number of hydrogen-bond donors (Lipinski definition) is 1. The molecule has 0 saturated heterocycles. The van der Waals surface area contributed by atoms with E-state index in [9.17, 15) is 8.42 Å². The van der Waals surface area contributed by atoms with Crippen LogP contribution in [-0.4, -0.2) is 18.6 Å². The quantitative estimate of drug-likeness (QED) is 0.779. The average molecular weight is 321 g/mol. The van der Waals surface area contributed by atoms with E-state index in [1.807, 2.05) is 17.5 Å². The van der Waals surface area contributed by atoms with E-state index in [0.29, 0.717) is 5.82 Å². The molecule has 0 aliphatic carbocycles. The molecule has 8 heteroatoms. The van der Waals surface area contributed by atoms with E-state index in [2.05, 4.69) is 14.9 Å². The third kappa shape index (κ3) is 3.18. The van der Waals surface area contributed by atoms with E-state index in [4.69, 9.17) is 4.52 Å². The minimum absolute atomic E-state index is 0.0460. The maximum atomic E-state index is 12.0. The summed E-state index contributed by atoms with van der Waals surface area (Å²) in [7, 11) is -3.58. The molecular weight excluding hydrogens is 310 g/mol. The molecular formula is C13H11N3O3S2. The summed E-state index contributed by atoms with van der Waals surface area (Å²) in [6.07, 6.45) is 0. The summed E-state index contributed by atoms with van der Waals surface area (Å²) in [5.41, 5.74) is 0. The first-order valence-corrected chi connectivity index (χ1v) is 8.42. The van der Waals surface area contributed by atoms with E-state index in [1.165, 1.54) is 23.5 Å². The Hall–Kier alpha value is -2.03. The van der Waals surface area contributed by atoms with Crippen molar-refractivity contribution in [3.8, 4) is 10.7 Å². The van der Waals surface area contributed by atoms with Crippen LogP contribution < -0.4 is 4.72 Å². The topological polar surface area (TPSA) is 85.1 Å². The Kier molecular flexibility index (Phi) is 3.82. The summed E-state index contributed by atoms with van der Waals surface area (Å²) >= 11 is 1.49. The van der Waals surface area contributed by atoms with Gasteiger partial charge in [0, 0.05) is 0 Å². The highest BCUT2D eigenvalue weighted by Crippen LogP contribution is 2.21. The van der Waals surface area contributed by atoms with Crippen LogP contribution in [0.4, 0.5) is 0 Å². The molecule has 2 heterocycles. The van der Waals surface area contributed by atoms with Crippen molar-refractivity contribution in [3.05, 3.63) is 53.7 Å². The van der Waals surface area contributed by atoms with Gasteiger partial charge < -0.3 is 4.52 Å². The van der Waals surface area contributed by atoms with Crippen LogP contribution in [0.2, 0.25) is 0 Å². The number of benzene rings is 1. The molecule has 0 amide bonds. The van der Waals surface area contributed by atoms with E-state index >= 15 is 0 Å². The minimum atomic E-state index is -3.58. The number of hydrogen-bond acceptors (Lipinski definition) is 6. The largest absolute Gasteiger partial charge is 0.337 e. The Morgan fingerprint density at radius 1 is 1.14 bits per heavy atom. The van der Waals surface area contributed by atoms with Gasteiger partial charge in [0.05, 0.1) is 16.3 Å². The molecule has 0 atom stereocenters. The number of aromatic nitrogens is 2. The van der Waals surface area contributed by atoms with Crippen LogP contribution in [0.1, 0.15) is 5.89 Å². The van der Waals surface area contributed by atoms with Gasteiger partial charge in [0.25, 0.3) is 0 Å². The molecule has 0 aliphatic rings. The summed E-state index contributed by atoms with van der Waals surface area (Å²) in [6, 6.07) is 11.9. The predicted molar refractivity (Wildman–Crippen MR) is 78.1 cm³/mol. The fraction of sp³-hybridized carbons (Fsp3) is 0.0769. The number of rotatable bonds is 5. The van der Waals surface area contributed by atoms with E-state index in [1.54, 1.807) is 18.2 Å².